The highest BCUT2D eigenvalue weighted by atomic mass is 32.1. The van der Waals surface area contributed by atoms with Crippen LogP contribution in [0.15, 0.2) is 24.3 Å². The number of hydrogen-bond acceptors (Lipinski definition) is 6. The number of benzene rings is 1. The molecular weight excluding hydrogens is 314 g/mol. The molecule has 0 unspecified atom stereocenters. The quantitative estimate of drug-likeness (QED) is 0.713. The van der Waals surface area contributed by atoms with E-state index in [1.807, 2.05) is 31.2 Å². The number of aromatic nitrogens is 2. The Bertz CT molecular complexity index is 613. The molecule has 1 aromatic carbocycles. The highest BCUT2D eigenvalue weighted by Crippen LogP contribution is 2.17. The van der Waals surface area contributed by atoms with Crippen molar-refractivity contribution in [3.63, 3.8) is 0 Å². The van der Waals surface area contributed by atoms with Crippen molar-refractivity contribution in [2.45, 2.75) is 26.2 Å². The molecule has 0 atom stereocenters. The Hall–Kier alpha value is -1.99. The van der Waals surface area contributed by atoms with Gasteiger partial charge in [0, 0.05) is 19.4 Å². The Kier molecular flexibility index (Phi) is 6.96. The number of aryl methyl sites for hydroxylation is 1. The Labute approximate surface area is 139 Å². The fraction of sp³-hybridized carbons (Fsp3) is 0.438. The molecule has 0 saturated carbocycles. The minimum atomic E-state index is -0.0617. The van der Waals surface area contributed by atoms with Gasteiger partial charge in [0.15, 0.2) is 0 Å². The van der Waals surface area contributed by atoms with E-state index in [0.717, 1.165) is 16.3 Å². The molecule has 6 nitrogen and oxygen atoms in total. The normalized spacial score (nSPS) is 10.5. The second-order valence-corrected chi connectivity index (χ2v) is 5.91. The highest BCUT2D eigenvalue weighted by molar-refractivity contribution is 7.15. The van der Waals surface area contributed by atoms with Gasteiger partial charge in [-0.3, -0.25) is 4.79 Å². The van der Waals surface area contributed by atoms with Gasteiger partial charge in [0.2, 0.25) is 11.0 Å². The van der Waals surface area contributed by atoms with Crippen LogP contribution in [0.1, 0.15) is 23.9 Å². The van der Waals surface area contributed by atoms with Gasteiger partial charge in [-0.1, -0.05) is 23.5 Å². The average molecular weight is 335 g/mol. The third kappa shape index (κ3) is 5.96. The molecule has 2 aromatic rings. The molecule has 0 radical (unpaired) electrons. The molecule has 1 N–H and O–H groups in total. The Morgan fingerprint density at radius 3 is 2.70 bits per heavy atom. The van der Waals surface area contributed by atoms with Crippen molar-refractivity contribution < 1.29 is 14.3 Å². The van der Waals surface area contributed by atoms with E-state index in [-0.39, 0.29) is 5.91 Å². The standard InChI is InChI=1S/C16H21N3O3S/c1-3-22-11-10-15-18-19-16(23-15)17-14(20)9-6-12-4-7-13(21-2)8-5-12/h4-5,7-8H,3,6,9-11H2,1-2H3,(H,17,19,20). The van der Waals surface area contributed by atoms with Gasteiger partial charge in [-0.2, -0.15) is 0 Å². The molecule has 0 spiro atoms. The fourth-order valence-electron chi connectivity index (χ4n) is 1.94. The molecule has 0 fully saturated rings. The Morgan fingerprint density at radius 1 is 1.22 bits per heavy atom. The van der Waals surface area contributed by atoms with Gasteiger partial charge in [-0.25, -0.2) is 0 Å². The predicted molar refractivity (Wildman–Crippen MR) is 90.1 cm³/mol. The van der Waals surface area contributed by atoms with Crippen molar-refractivity contribution in [1.29, 1.82) is 0 Å². The van der Waals surface area contributed by atoms with Gasteiger partial charge < -0.3 is 14.8 Å². The minimum Gasteiger partial charge on any atom is -0.497 e. The average Bonchev–Trinajstić information content (AvgIpc) is 3.01. The largest absolute Gasteiger partial charge is 0.497 e. The van der Waals surface area contributed by atoms with Gasteiger partial charge in [-0.05, 0) is 31.0 Å². The molecule has 124 valence electrons. The third-order valence-electron chi connectivity index (χ3n) is 3.18. The fourth-order valence-corrected chi connectivity index (χ4v) is 2.68. The van der Waals surface area contributed by atoms with Gasteiger partial charge >= 0.3 is 0 Å². The first-order valence-electron chi connectivity index (χ1n) is 7.54. The Balaban J connectivity index is 1.75. The SMILES string of the molecule is CCOCCc1nnc(NC(=O)CCc2ccc(OC)cc2)s1. The summed E-state index contributed by atoms with van der Waals surface area (Å²) in [5, 5.41) is 12.2. The topological polar surface area (TPSA) is 73.3 Å². The minimum absolute atomic E-state index is 0.0617. The first-order chi connectivity index (χ1) is 11.2. The van der Waals surface area contributed by atoms with Crippen LogP contribution in [0.2, 0.25) is 0 Å². The van der Waals surface area contributed by atoms with Crippen LogP contribution < -0.4 is 10.1 Å². The first-order valence-corrected chi connectivity index (χ1v) is 8.35. The van der Waals surface area contributed by atoms with Gasteiger partial charge in [-0.15, -0.1) is 10.2 Å². The van der Waals surface area contributed by atoms with E-state index in [9.17, 15) is 4.79 Å². The number of carbonyl (C=O) groups excluding carboxylic acids is 1. The lowest BCUT2D eigenvalue weighted by atomic mass is 10.1. The summed E-state index contributed by atoms with van der Waals surface area (Å²) in [4.78, 5) is 12.0. The number of nitrogens with one attached hydrogen (secondary N) is 1. The van der Waals surface area contributed by atoms with Crippen LogP contribution >= 0.6 is 11.3 Å². The summed E-state index contributed by atoms with van der Waals surface area (Å²) in [6.07, 6.45) is 1.79. The zero-order valence-electron chi connectivity index (χ0n) is 13.4. The van der Waals surface area contributed by atoms with Crippen molar-refractivity contribution in [2.75, 3.05) is 25.6 Å². The van der Waals surface area contributed by atoms with Crippen LogP contribution in [0.4, 0.5) is 5.13 Å². The maximum absolute atomic E-state index is 12.0. The molecule has 23 heavy (non-hydrogen) atoms. The second kappa shape index (κ2) is 9.22. The molecule has 0 aliphatic carbocycles. The molecule has 0 bridgehead atoms. The lowest BCUT2D eigenvalue weighted by Crippen LogP contribution is -2.12. The molecule has 1 heterocycles. The number of ether oxygens (including phenoxy) is 2. The third-order valence-corrected chi connectivity index (χ3v) is 4.08. The molecule has 0 aliphatic rings. The van der Waals surface area contributed by atoms with Crippen LogP contribution in [-0.4, -0.2) is 36.4 Å². The number of carbonyl (C=O) groups is 1. The van der Waals surface area contributed by atoms with Crippen molar-refractivity contribution in [3.05, 3.63) is 34.8 Å². The van der Waals surface area contributed by atoms with Crippen LogP contribution in [0.25, 0.3) is 0 Å². The number of rotatable bonds is 9. The van der Waals surface area contributed by atoms with Crippen LogP contribution in [0.5, 0.6) is 5.75 Å². The van der Waals surface area contributed by atoms with E-state index < -0.39 is 0 Å². The first kappa shape index (κ1) is 17.4. The van der Waals surface area contributed by atoms with Crippen molar-refractivity contribution >= 4 is 22.4 Å². The molecule has 0 saturated heterocycles. The van der Waals surface area contributed by atoms with E-state index in [4.69, 9.17) is 9.47 Å². The summed E-state index contributed by atoms with van der Waals surface area (Å²) in [7, 11) is 1.63. The number of amides is 1. The lowest BCUT2D eigenvalue weighted by molar-refractivity contribution is -0.116. The van der Waals surface area contributed by atoms with Gasteiger partial charge in [0.05, 0.1) is 13.7 Å². The van der Waals surface area contributed by atoms with E-state index in [0.29, 0.717) is 37.6 Å². The maximum atomic E-state index is 12.0. The van der Waals surface area contributed by atoms with Gasteiger partial charge in [0.25, 0.3) is 0 Å². The summed E-state index contributed by atoms with van der Waals surface area (Å²) in [5.74, 6) is 0.750. The zero-order chi connectivity index (χ0) is 16.5. The summed E-state index contributed by atoms with van der Waals surface area (Å²) in [5.41, 5.74) is 1.09. The summed E-state index contributed by atoms with van der Waals surface area (Å²) < 4.78 is 10.4. The number of hydrogen-bond donors (Lipinski definition) is 1. The highest BCUT2D eigenvalue weighted by Gasteiger charge is 2.08. The maximum Gasteiger partial charge on any atom is 0.226 e. The van der Waals surface area contributed by atoms with Crippen LogP contribution in [-0.2, 0) is 22.4 Å². The van der Waals surface area contributed by atoms with Gasteiger partial charge in [0.1, 0.15) is 10.8 Å². The number of anilines is 1. The smallest absolute Gasteiger partial charge is 0.226 e. The van der Waals surface area contributed by atoms with Crippen LogP contribution in [0.3, 0.4) is 0 Å². The molecule has 1 aromatic heterocycles. The zero-order valence-corrected chi connectivity index (χ0v) is 14.2. The predicted octanol–water partition coefficient (Wildman–Crippen LogP) is 2.70. The Morgan fingerprint density at radius 2 is 2.00 bits per heavy atom. The lowest BCUT2D eigenvalue weighted by Gasteiger charge is -2.03. The molecule has 0 aliphatic heterocycles. The molecule has 1 amide bonds. The van der Waals surface area contributed by atoms with Crippen molar-refractivity contribution in [3.8, 4) is 5.75 Å². The van der Waals surface area contributed by atoms with E-state index >= 15 is 0 Å². The van der Waals surface area contributed by atoms with E-state index in [2.05, 4.69) is 15.5 Å². The van der Waals surface area contributed by atoms with Crippen LogP contribution in [0, 0.1) is 0 Å². The molecule has 2 rings (SSSR count). The van der Waals surface area contributed by atoms with E-state index in [1.54, 1.807) is 7.11 Å². The van der Waals surface area contributed by atoms with Crippen molar-refractivity contribution in [2.24, 2.45) is 0 Å². The number of nitrogens with zero attached hydrogens (tertiary/aromatic N) is 2. The monoisotopic (exact) mass is 335 g/mol. The van der Waals surface area contributed by atoms with Crippen molar-refractivity contribution in [1.82, 2.24) is 10.2 Å². The summed E-state index contributed by atoms with van der Waals surface area (Å²) in [6, 6.07) is 7.71. The summed E-state index contributed by atoms with van der Waals surface area (Å²) in [6.45, 7) is 3.26. The molecular formula is C16H21N3O3S. The number of methoxy groups -OCH3 is 1. The van der Waals surface area contributed by atoms with E-state index in [1.165, 1.54) is 11.3 Å². The molecule has 7 heteroatoms. The summed E-state index contributed by atoms with van der Waals surface area (Å²) >= 11 is 1.39. The second-order valence-electron chi connectivity index (χ2n) is 4.84.